The van der Waals surface area contributed by atoms with E-state index in [4.69, 9.17) is 0 Å². The molecule has 0 spiro atoms. The maximum absolute atomic E-state index is 13.3. The molecule has 0 aromatic heterocycles. The Hall–Kier alpha value is -1.26. The maximum Gasteiger partial charge on any atom is 0.126 e. The molecule has 0 fully saturated rings. The predicted octanol–water partition coefficient (Wildman–Crippen LogP) is 4.34. The molecule has 4 heteroatoms. The normalized spacial score (nSPS) is 12.5. The van der Waals surface area contributed by atoms with Gasteiger partial charge in [-0.1, -0.05) is 22.0 Å². The zero-order valence-electron chi connectivity index (χ0n) is 10.7. The van der Waals surface area contributed by atoms with E-state index >= 15 is 0 Å². The van der Waals surface area contributed by atoms with E-state index in [0.717, 1.165) is 21.7 Å². The molecule has 0 amide bonds. The molecule has 0 aliphatic carbocycles. The van der Waals surface area contributed by atoms with Crippen molar-refractivity contribution in [1.29, 1.82) is 0 Å². The first-order valence-corrected chi connectivity index (χ1v) is 6.69. The van der Waals surface area contributed by atoms with E-state index in [1.54, 1.807) is 7.05 Å². The van der Waals surface area contributed by atoms with Crippen LogP contribution in [0.15, 0.2) is 40.9 Å². The van der Waals surface area contributed by atoms with Crippen molar-refractivity contribution in [3.63, 3.8) is 0 Å². The van der Waals surface area contributed by atoms with Crippen LogP contribution in [-0.2, 0) is 0 Å². The molecule has 0 radical (unpaired) electrons. The van der Waals surface area contributed by atoms with Gasteiger partial charge in [-0.15, -0.1) is 0 Å². The second-order valence-corrected chi connectivity index (χ2v) is 5.40. The fraction of sp³-hybridized carbons (Fsp3) is 0.200. The topological polar surface area (TPSA) is 12.0 Å². The van der Waals surface area contributed by atoms with E-state index < -0.39 is 11.6 Å². The molecule has 2 aromatic rings. The standard InChI is InChI=1S/C15H14BrF2N/c1-9-3-10(5-12(16)4-9)15(19-2)11-6-13(17)8-14(18)7-11/h3-8,15,19H,1-2H3. The summed E-state index contributed by atoms with van der Waals surface area (Å²) in [5, 5.41) is 3.09. The minimum absolute atomic E-state index is 0.249. The van der Waals surface area contributed by atoms with Gasteiger partial charge in [-0.25, -0.2) is 8.78 Å². The van der Waals surface area contributed by atoms with E-state index in [-0.39, 0.29) is 6.04 Å². The third-order valence-corrected chi connectivity index (χ3v) is 3.36. The van der Waals surface area contributed by atoms with Crippen molar-refractivity contribution >= 4 is 15.9 Å². The summed E-state index contributed by atoms with van der Waals surface area (Å²) in [6.45, 7) is 1.98. The summed E-state index contributed by atoms with van der Waals surface area (Å²) in [5.41, 5.74) is 2.61. The van der Waals surface area contributed by atoms with Crippen LogP contribution in [0.3, 0.4) is 0 Å². The summed E-state index contributed by atoms with van der Waals surface area (Å²) >= 11 is 3.44. The zero-order valence-corrected chi connectivity index (χ0v) is 12.3. The summed E-state index contributed by atoms with van der Waals surface area (Å²) < 4.78 is 27.6. The number of hydrogen-bond acceptors (Lipinski definition) is 1. The van der Waals surface area contributed by atoms with Crippen molar-refractivity contribution in [1.82, 2.24) is 5.32 Å². The SMILES string of the molecule is CNC(c1cc(F)cc(F)c1)c1cc(C)cc(Br)c1. The summed E-state index contributed by atoms with van der Waals surface area (Å²) in [5.74, 6) is -1.14. The predicted molar refractivity (Wildman–Crippen MR) is 76.1 cm³/mol. The lowest BCUT2D eigenvalue weighted by molar-refractivity contribution is 0.571. The van der Waals surface area contributed by atoms with Gasteiger partial charge in [-0.2, -0.15) is 0 Å². The van der Waals surface area contributed by atoms with Gasteiger partial charge in [0.2, 0.25) is 0 Å². The van der Waals surface area contributed by atoms with Gasteiger partial charge in [-0.05, 0) is 54.9 Å². The Morgan fingerprint density at radius 2 is 1.53 bits per heavy atom. The van der Waals surface area contributed by atoms with Gasteiger partial charge in [0.15, 0.2) is 0 Å². The molecular weight excluding hydrogens is 312 g/mol. The largest absolute Gasteiger partial charge is 0.309 e. The second kappa shape index (κ2) is 5.80. The lowest BCUT2D eigenvalue weighted by Gasteiger charge is -2.18. The highest BCUT2D eigenvalue weighted by molar-refractivity contribution is 9.10. The number of rotatable bonds is 3. The first-order valence-electron chi connectivity index (χ1n) is 5.90. The van der Waals surface area contributed by atoms with E-state index in [9.17, 15) is 8.78 Å². The molecule has 1 N–H and O–H groups in total. The molecular formula is C15H14BrF2N. The Balaban J connectivity index is 2.49. The summed E-state index contributed by atoms with van der Waals surface area (Å²) in [6.07, 6.45) is 0. The molecule has 0 heterocycles. The van der Waals surface area contributed by atoms with E-state index in [1.165, 1.54) is 12.1 Å². The Bertz CT molecular complexity index is 507. The Morgan fingerprint density at radius 1 is 0.947 bits per heavy atom. The molecule has 1 atom stereocenters. The molecule has 0 saturated carbocycles. The van der Waals surface area contributed by atoms with Gasteiger partial charge >= 0.3 is 0 Å². The number of benzene rings is 2. The molecule has 19 heavy (non-hydrogen) atoms. The Labute approximate surface area is 119 Å². The van der Waals surface area contributed by atoms with Gasteiger partial charge in [0.1, 0.15) is 11.6 Å². The van der Waals surface area contributed by atoms with Crippen LogP contribution in [-0.4, -0.2) is 7.05 Å². The van der Waals surface area contributed by atoms with Gasteiger partial charge in [0, 0.05) is 10.5 Å². The summed E-state index contributed by atoms with van der Waals surface area (Å²) in [6, 6.07) is 9.25. The summed E-state index contributed by atoms with van der Waals surface area (Å²) in [4.78, 5) is 0. The highest BCUT2D eigenvalue weighted by Gasteiger charge is 2.15. The number of halogens is 3. The zero-order chi connectivity index (χ0) is 14.0. The van der Waals surface area contributed by atoms with Crippen LogP contribution in [0, 0.1) is 18.6 Å². The fourth-order valence-electron chi connectivity index (χ4n) is 2.20. The molecule has 0 bridgehead atoms. The first kappa shape index (κ1) is 14.2. The first-order chi connectivity index (χ1) is 8.99. The van der Waals surface area contributed by atoms with Crippen molar-refractivity contribution in [2.45, 2.75) is 13.0 Å². The van der Waals surface area contributed by atoms with Gasteiger partial charge < -0.3 is 5.32 Å². The number of nitrogens with one attached hydrogen (secondary N) is 1. The molecule has 0 aliphatic rings. The Morgan fingerprint density at radius 3 is 2.05 bits per heavy atom. The average Bonchev–Trinajstić information content (AvgIpc) is 2.27. The fourth-order valence-corrected chi connectivity index (χ4v) is 2.82. The van der Waals surface area contributed by atoms with Crippen LogP contribution < -0.4 is 5.32 Å². The van der Waals surface area contributed by atoms with Gasteiger partial charge in [0.25, 0.3) is 0 Å². The van der Waals surface area contributed by atoms with Crippen molar-refractivity contribution in [3.8, 4) is 0 Å². The number of hydrogen-bond donors (Lipinski definition) is 1. The van der Waals surface area contributed by atoms with Crippen molar-refractivity contribution in [2.75, 3.05) is 7.05 Å². The highest BCUT2D eigenvalue weighted by Crippen LogP contribution is 2.26. The maximum atomic E-state index is 13.3. The van der Waals surface area contributed by atoms with Crippen molar-refractivity contribution in [2.24, 2.45) is 0 Å². The number of aryl methyl sites for hydroxylation is 1. The minimum atomic E-state index is -0.568. The molecule has 2 aromatic carbocycles. The van der Waals surface area contributed by atoms with Crippen LogP contribution in [0.25, 0.3) is 0 Å². The third-order valence-electron chi connectivity index (χ3n) is 2.90. The molecule has 0 aliphatic heterocycles. The quantitative estimate of drug-likeness (QED) is 0.884. The monoisotopic (exact) mass is 325 g/mol. The molecule has 100 valence electrons. The van der Waals surface area contributed by atoms with E-state index in [2.05, 4.69) is 21.2 Å². The smallest absolute Gasteiger partial charge is 0.126 e. The third kappa shape index (κ3) is 3.39. The molecule has 1 unspecified atom stereocenters. The van der Waals surface area contributed by atoms with Crippen LogP contribution in [0.4, 0.5) is 8.78 Å². The molecule has 2 rings (SSSR count). The van der Waals surface area contributed by atoms with E-state index in [0.29, 0.717) is 5.56 Å². The van der Waals surface area contributed by atoms with Crippen LogP contribution in [0.5, 0.6) is 0 Å². The van der Waals surface area contributed by atoms with E-state index in [1.807, 2.05) is 25.1 Å². The lowest BCUT2D eigenvalue weighted by Crippen LogP contribution is -2.18. The van der Waals surface area contributed by atoms with Crippen molar-refractivity contribution < 1.29 is 8.78 Å². The molecule has 1 nitrogen and oxygen atoms in total. The van der Waals surface area contributed by atoms with Crippen LogP contribution >= 0.6 is 15.9 Å². The summed E-state index contributed by atoms with van der Waals surface area (Å²) in [7, 11) is 1.77. The lowest BCUT2D eigenvalue weighted by atomic mass is 9.97. The van der Waals surface area contributed by atoms with Gasteiger partial charge in [0.05, 0.1) is 6.04 Å². The molecule has 0 saturated heterocycles. The van der Waals surface area contributed by atoms with Gasteiger partial charge in [-0.3, -0.25) is 0 Å². The van der Waals surface area contributed by atoms with Crippen molar-refractivity contribution in [3.05, 3.63) is 69.2 Å². The van der Waals surface area contributed by atoms with Crippen LogP contribution in [0.1, 0.15) is 22.7 Å². The van der Waals surface area contributed by atoms with Crippen LogP contribution in [0.2, 0.25) is 0 Å². The second-order valence-electron chi connectivity index (χ2n) is 4.49. The minimum Gasteiger partial charge on any atom is -0.309 e. The average molecular weight is 326 g/mol. The highest BCUT2D eigenvalue weighted by atomic mass is 79.9. The Kier molecular flexibility index (Phi) is 4.32.